The zero-order valence-electron chi connectivity index (χ0n) is 14.3. The molecule has 0 bridgehead atoms. The fraction of sp³-hybridized carbons (Fsp3) is 0.429. The molecular formula is C21H24ClN2. The van der Waals surface area contributed by atoms with E-state index >= 15 is 0 Å². The first-order valence-electron chi connectivity index (χ1n) is 9.06. The summed E-state index contributed by atoms with van der Waals surface area (Å²) < 4.78 is 0. The monoisotopic (exact) mass is 339 g/mol. The van der Waals surface area contributed by atoms with Gasteiger partial charge in [-0.05, 0) is 80.8 Å². The molecule has 4 rings (SSSR count). The summed E-state index contributed by atoms with van der Waals surface area (Å²) in [6.45, 7) is 3.25. The van der Waals surface area contributed by atoms with E-state index in [2.05, 4.69) is 42.2 Å². The summed E-state index contributed by atoms with van der Waals surface area (Å²) in [4.78, 5) is 2.52. The normalized spacial score (nSPS) is 20.4. The van der Waals surface area contributed by atoms with E-state index in [1.54, 1.807) is 0 Å². The first-order valence-corrected chi connectivity index (χ1v) is 9.44. The van der Waals surface area contributed by atoms with E-state index in [-0.39, 0.29) is 6.17 Å². The maximum absolute atomic E-state index is 6.23. The average molecular weight is 340 g/mol. The molecular weight excluding hydrogens is 316 g/mol. The van der Waals surface area contributed by atoms with Crippen LogP contribution in [0.2, 0.25) is 5.02 Å². The van der Waals surface area contributed by atoms with Crippen molar-refractivity contribution in [2.75, 3.05) is 11.4 Å². The topological polar surface area (TPSA) is 17.3 Å². The Hall–Kier alpha value is -1.67. The summed E-state index contributed by atoms with van der Waals surface area (Å²) in [7, 11) is 0. The molecule has 3 heteroatoms. The fourth-order valence-electron chi connectivity index (χ4n) is 4.03. The molecule has 1 radical (unpaired) electrons. The van der Waals surface area contributed by atoms with E-state index in [0.717, 1.165) is 30.8 Å². The molecule has 0 fully saturated rings. The Bertz CT molecular complexity index is 741. The molecule has 2 aromatic rings. The van der Waals surface area contributed by atoms with Crippen molar-refractivity contribution in [1.29, 1.82) is 0 Å². The molecule has 24 heavy (non-hydrogen) atoms. The molecule has 0 spiro atoms. The number of aryl methyl sites for hydroxylation is 3. The highest BCUT2D eigenvalue weighted by molar-refractivity contribution is 6.30. The Morgan fingerprint density at radius 1 is 1.00 bits per heavy atom. The van der Waals surface area contributed by atoms with Gasteiger partial charge >= 0.3 is 0 Å². The number of benzene rings is 2. The number of anilines is 1. The smallest absolute Gasteiger partial charge is 0.121 e. The zero-order chi connectivity index (χ0) is 16.5. The van der Waals surface area contributed by atoms with Crippen LogP contribution in [-0.4, -0.2) is 12.7 Å². The van der Waals surface area contributed by atoms with Gasteiger partial charge in [0, 0.05) is 17.3 Å². The maximum atomic E-state index is 6.23. The van der Waals surface area contributed by atoms with E-state index in [9.17, 15) is 0 Å². The molecule has 0 aromatic heterocycles. The average Bonchev–Trinajstić information content (AvgIpc) is 2.89. The molecule has 2 aliphatic heterocycles. The second-order valence-electron chi connectivity index (χ2n) is 7.06. The first-order chi connectivity index (χ1) is 11.7. The molecule has 125 valence electrons. The summed E-state index contributed by atoms with van der Waals surface area (Å²) in [6, 6.07) is 13.0. The minimum Gasteiger partial charge on any atom is -0.349 e. The molecule has 1 atom stereocenters. The molecule has 2 aliphatic rings. The van der Waals surface area contributed by atoms with Crippen molar-refractivity contribution in [2.45, 2.75) is 51.6 Å². The van der Waals surface area contributed by atoms with E-state index < -0.39 is 0 Å². The van der Waals surface area contributed by atoms with Gasteiger partial charge in [-0.25, -0.2) is 0 Å². The molecule has 2 nitrogen and oxygen atoms in total. The lowest BCUT2D eigenvalue weighted by Crippen LogP contribution is -2.41. The van der Waals surface area contributed by atoms with Crippen LogP contribution in [0.25, 0.3) is 0 Å². The summed E-state index contributed by atoms with van der Waals surface area (Å²) in [5, 5.41) is 6.00. The predicted octanol–water partition coefficient (Wildman–Crippen LogP) is 5.39. The third-order valence-corrected chi connectivity index (χ3v) is 5.47. The third-order valence-electron chi connectivity index (χ3n) is 5.24. The Kier molecular flexibility index (Phi) is 4.41. The van der Waals surface area contributed by atoms with Crippen LogP contribution < -0.4 is 10.2 Å². The number of hydrogen-bond acceptors (Lipinski definition) is 1. The van der Waals surface area contributed by atoms with Gasteiger partial charge in [0.2, 0.25) is 0 Å². The van der Waals surface area contributed by atoms with Gasteiger partial charge in [-0.1, -0.05) is 29.3 Å². The van der Waals surface area contributed by atoms with Crippen molar-refractivity contribution in [3.63, 3.8) is 0 Å². The van der Waals surface area contributed by atoms with E-state index in [4.69, 9.17) is 16.9 Å². The summed E-state index contributed by atoms with van der Waals surface area (Å²) in [5.74, 6) is 0. The van der Waals surface area contributed by atoms with Crippen LogP contribution in [0.1, 0.15) is 42.4 Å². The molecule has 2 aromatic carbocycles. The lowest BCUT2D eigenvalue weighted by atomic mass is 10.1. The van der Waals surface area contributed by atoms with Crippen LogP contribution >= 0.6 is 11.6 Å². The van der Waals surface area contributed by atoms with Crippen molar-refractivity contribution >= 4 is 23.0 Å². The van der Waals surface area contributed by atoms with Gasteiger partial charge in [-0.3, -0.25) is 5.32 Å². The van der Waals surface area contributed by atoms with Gasteiger partial charge in [0.15, 0.2) is 0 Å². The molecule has 1 unspecified atom stereocenters. The number of hydrogen-bond donors (Lipinski definition) is 0. The lowest BCUT2D eigenvalue weighted by Gasteiger charge is -2.33. The van der Waals surface area contributed by atoms with Crippen molar-refractivity contribution in [2.24, 2.45) is 0 Å². The Labute approximate surface area is 149 Å². The molecule has 0 saturated carbocycles. The van der Waals surface area contributed by atoms with Gasteiger partial charge in [0.1, 0.15) is 6.17 Å². The zero-order valence-corrected chi connectivity index (χ0v) is 15.0. The van der Waals surface area contributed by atoms with Crippen molar-refractivity contribution in [3.8, 4) is 0 Å². The van der Waals surface area contributed by atoms with Crippen molar-refractivity contribution < 1.29 is 0 Å². The number of fused-ring (bicyclic) bond motifs is 2. The van der Waals surface area contributed by atoms with Gasteiger partial charge in [-0.2, -0.15) is 0 Å². The van der Waals surface area contributed by atoms with Gasteiger partial charge in [0.25, 0.3) is 0 Å². The van der Waals surface area contributed by atoms with Crippen LogP contribution in [0, 0.1) is 6.92 Å². The lowest BCUT2D eigenvalue weighted by molar-refractivity contribution is 0.498. The first kappa shape index (κ1) is 15.8. The van der Waals surface area contributed by atoms with Crippen molar-refractivity contribution in [3.05, 3.63) is 58.1 Å². The number of nitrogens with zero attached hydrogens (tertiary/aromatic N) is 2. The van der Waals surface area contributed by atoms with E-state index in [1.165, 1.54) is 47.3 Å². The second-order valence-corrected chi connectivity index (χ2v) is 7.49. The molecule has 0 saturated heterocycles. The SMILES string of the molecule is Cc1ccc2c(c1)CCCC(N1CCCCc3cc(Cl)ccc31)[N]2. The quantitative estimate of drug-likeness (QED) is 0.681. The van der Waals surface area contributed by atoms with Gasteiger partial charge < -0.3 is 4.90 Å². The Morgan fingerprint density at radius 3 is 2.79 bits per heavy atom. The van der Waals surface area contributed by atoms with Crippen LogP contribution in [0.5, 0.6) is 0 Å². The molecule has 2 heterocycles. The summed E-state index contributed by atoms with van der Waals surface area (Å²) in [5.41, 5.74) is 6.63. The van der Waals surface area contributed by atoms with Crippen molar-refractivity contribution in [1.82, 2.24) is 5.32 Å². The minimum atomic E-state index is 0.243. The van der Waals surface area contributed by atoms with Crippen LogP contribution in [0.4, 0.5) is 11.4 Å². The standard InChI is InChI=1S/C21H24ClN2/c1-15-8-10-19-16(13-15)6-4-7-21(23-19)24-12-3-2-5-17-14-18(22)9-11-20(17)24/h8-11,13-14,21H,2-7,12H2,1H3. The number of rotatable bonds is 1. The highest BCUT2D eigenvalue weighted by Gasteiger charge is 2.26. The Morgan fingerprint density at radius 2 is 1.88 bits per heavy atom. The van der Waals surface area contributed by atoms with E-state index in [0.29, 0.717) is 0 Å². The predicted molar refractivity (Wildman–Crippen MR) is 101 cm³/mol. The molecule has 0 aliphatic carbocycles. The van der Waals surface area contributed by atoms with Gasteiger partial charge in [-0.15, -0.1) is 0 Å². The second kappa shape index (κ2) is 6.68. The van der Waals surface area contributed by atoms with E-state index in [1.807, 2.05) is 6.07 Å². The van der Waals surface area contributed by atoms with Crippen LogP contribution in [0.15, 0.2) is 36.4 Å². The highest BCUT2D eigenvalue weighted by atomic mass is 35.5. The third kappa shape index (κ3) is 3.12. The van der Waals surface area contributed by atoms with Crippen LogP contribution in [0.3, 0.4) is 0 Å². The van der Waals surface area contributed by atoms with Crippen LogP contribution in [-0.2, 0) is 12.8 Å². The number of halogens is 1. The summed E-state index contributed by atoms with van der Waals surface area (Å²) in [6.07, 6.45) is 7.27. The molecule has 0 amide bonds. The maximum Gasteiger partial charge on any atom is 0.121 e. The fourth-order valence-corrected chi connectivity index (χ4v) is 4.22. The molecule has 0 N–H and O–H groups in total. The Balaban J connectivity index is 1.67. The minimum absolute atomic E-state index is 0.243. The van der Waals surface area contributed by atoms with Gasteiger partial charge in [0.05, 0.1) is 5.69 Å². The summed E-state index contributed by atoms with van der Waals surface area (Å²) >= 11 is 6.23. The largest absolute Gasteiger partial charge is 0.349 e. The highest BCUT2D eigenvalue weighted by Crippen LogP contribution is 2.34.